The summed E-state index contributed by atoms with van der Waals surface area (Å²) in [4.78, 5) is 0.246. The van der Waals surface area contributed by atoms with E-state index in [1.807, 2.05) is 24.3 Å². The lowest BCUT2D eigenvalue weighted by Gasteiger charge is -2.13. The Labute approximate surface area is 125 Å². The number of benzene rings is 2. The second-order valence-electron chi connectivity index (χ2n) is 4.60. The summed E-state index contributed by atoms with van der Waals surface area (Å²) in [5.41, 5.74) is 7.98. The molecule has 0 atom stereocenters. The van der Waals surface area contributed by atoms with Crippen molar-refractivity contribution in [2.45, 2.75) is 18.4 Å². The molecule has 0 fully saturated rings. The second kappa shape index (κ2) is 6.60. The summed E-state index contributed by atoms with van der Waals surface area (Å²) in [6, 6.07) is 14.3. The Bertz CT molecular complexity index is 714. The van der Waals surface area contributed by atoms with E-state index in [9.17, 15) is 8.42 Å². The molecule has 0 heterocycles. The molecule has 0 bridgehead atoms. The zero-order valence-corrected chi connectivity index (χ0v) is 12.7. The van der Waals surface area contributed by atoms with Gasteiger partial charge in [0, 0.05) is 18.8 Å². The number of nitrogens with one attached hydrogen (secondary N) is 2. The predicted molar refractivity (Wildman–Crippen MR) is 85.5 cm³/mol. The van der Waals surface area contributed by atoms with Crippen molar-refractivity contribution in [1.82, 2.24) is 4.72 Å². The lowest BCUT2D eigenvalue weighted by molar-refractivity contribution is 0.584. The molecule has 0 saturated carbocycles. The molecule has 0 amide bonds. The normalized spacial score (nSPS) is 11.3. The van der Waals surface area contributed by atoms with Crippen LogP contribution in [0.5, 0.6) is 0 Å². The van der Waals surface area contributed by atoms with Gasteiger partial charge in [0.05, 0.1) is 5.69 Å². The Morgan fingerprint density at radius 1 is 1.10 bits per heavy atom. The van der Waals surface area contributed by atoms with Crippen LogP contribution < -0.4 is 15.8 Å². The van der Waals surface area contributed by atoms with Crippen molar-refractivity contribution in [3.63, 3.8) is 0 Å². The molecule has 2 rings (SSSR count). The Kier molecular flexibility index (Phi) is 4.82. The molecule has 0 aliphatic rings. The van der Waals surface area contributed by atoms with Crippen LogP contribution >= 0.6 is 0 Å². The summed E-state index contributed by atoms with van der Waals surface area (Å²) in [5, 5.41) is 3.15. The van der Waals surface area contributed by atoms with Gasteiger partial charge >= 0.3 is 0 Å². The van der Waals surface area contributed by atoms with Crippen LogP contribution in [0.25, 0.3) is 0 Å². The highest BCUT2D eigenvalue weighted by Crippen LogP contribution is 2.21. The third-order valence-corrected chi connectivity index (χ3v) is 4.55. The predicted octanol–water partition coefficient (Wildman–Crippen LogP) is 2.18. The number of nitrogen functional groups attached to an aromatic ring is 1. The number of nitrogens with two attached hydrogens (primary N) is 1. The molecule has 5 nitrogen and oxygen atoms in total. The van der Waals surface area contributed by atoms with Crippen molar-refractivity contribution >= 4 is 21.4 Å². The molecule has 0 radical (unpaired) electrons. The standard InChI is InChI=1S/C15H19N3O2S/c1-2-18-21(19,20)15-9-4-3-8-14(15)17-11-12-6-5-7-13(16)10-12/h3-10,17-18H,2,11,16H2,1H3. The first kappa shape index (κ1) is 15.3. The van der Waals surface area contributed by atoms with E-state index in [1.54, 1.807) is 31.2 Å². The SMILES string of the molecule is CCNS(=O)(=O)c1ccccc1NCc1cccc(N)c1. The highest BCUT2D eigenvalue weighted by atomic mass is 32.2. The number of rotatable bonds is 6. The summed E-state index contributed by atoms with van der Waals surface area (Å²) in [7, 11) is -3.49. The molecule has 2 aromatic carbocycles. The van der Waals surface area contributed by atoms with Gasteiger partial charge in [-0.1, -0.05) is 31.2 Å². The minimum absolute atomic E-state index is 0.246. The third-order valence-electron chi connectivity index (χ3n) is 2.94. The van der Waals surface area contributed by atoms with Crippen LogP contribution in [0.2, 0.25) is 0 Å². The maximum absolute atomic E-state index is 12.1. The smallest absolute Gasteiger partial charge is 0.242 e. The highest BCUT2D eigenvalue weighted by Gasteiger charge is 2.16. The Morgan fingerprint density at radius 3 is 2.57 bits per heavy atom. The molecule has 4 N–H and O–H groups in total. The first-order valence-corrected chi connectivity index (χ1v) is 8.18. The fourth-order valence-electron chi connectivity index (χ4n) is 2.02. The van der Waals surface area contributed by atoms with E-state index in [1.165, 1.54) is 0 Å². The quantitative estimate of drug-likeness (QED) is 0.714. The number of hydrogen-bond acceptors (Lipinski definition) is 4. The van der Waals surface area contributed by atoms with E-state index in [0.717, 1.165) is 5.56 Å². The molecular weight excluding hydrogens is 286 g/mol. The van der Waals surface area contributed by atoms with Crippen molar-refractivity contribution in [3.8, 4) is 0 Å². The first-order chi connectivity index (χ1) is 10.0. The zero-order valence-electron chi connectivity index (χ0n) is 11.8. The molecule has 0 aliphatic heterocycles. The lowest BCUT2D eigenvalue weighted by atomic mass is 10.2. The topological polar surface area (TPSA) is 84.2 Å². The van der Waals surface area contributed by atoms with Crippen LogP contribution in [0.4, 0.5) is 11.4 Å². The zero-order chi connectivity index (χ0) is 15.3. The van der Waals surface area contributed by atoms with Crippen molar-refractivity contribution in [1.29, 1.82) is 0 Å². The molecule has 112 valence electrons. The van der Waals surface area contributed by atoms with Crippen LogP contribution in [0.1, 0.15) is 12.5 Å². The van der Waals surface area contributed by atoms with Crippen LogP contribution in [0, 0.1) is 0 Å². The highest BCUT2D eigenvalue weighted by molar-refractivity contribution is 7.89. The van der Waals surface area contributed by atoms with Crippen molar-refractivity contribution in [2.75, 3.05) is 17.6 Å². The molecule has 0 saturated heterocycles. The van der Waals surface area contributed by atoms with E-state index in [0.29, 0.717) is 24.5 Å². The second-order valence-corrected chi connectivity index (χ2v) is 6.33. The van der Waals surface area contributed by atoms with Crippen molar-refractivity contribution < 1.29 is 8.42 Å². The number of para-hydroxylation sites is 1. The van der Waals surface area contributed by atoms with Crippen LogP contribution in [-0.2, 0) is 16.6 Å². The van der Waals surface area contributed by atoms with Crippen LogP contribution in [0.3, 0.4) is 0 Å². The monoisotopic (exact) mass is 305 g/mol. The average molecular weight is 305 g/mol. The number of anilines is 2. The van der Waals surface area contributed by atoms with Crippen molar-refractivity contribution in [2.24, 2.45) is 0 Å². The summed E-state index contributed by atoms with van der Waals surface area (Å²) < 4.78 is 26.8. The minimum Gasteiger partial charge on any atom is -0.399 e. The van der Waals surface area contributed by atoms with Gasteiger partial charge in [-0.15, -0.1) is 0 Å². The summed E-state index contributed by atoms with van der Waals surface area (Å²) >= 11 is 0. The van der Waals surface area contributed by atoms with Gasteiger partial charge in [0.1, 0.15) is 4.90 Å². The van der Waals surface area contributed by atoms with Gasteiger partial charge in [-0.3, -0.25) is 0 Å². The van der Waals surface area contributed by atoms with E-state index < -0.39 is 10.0 Å². The van der Waals surface area contributed by atoms with Gasteiger partial charge in [0.2, 0.25) is 10.0 Å². The van der Waals surface area contributed by atoms with Gasteiger partial charge in [-0.25, -0.2) is 13.1 Å². The van der Waals surface area contributed by atoms with Gasteiger partial charge in [-0.05, 0) is 29.8 Å². The van der Waals surface area contributed by atoms with Crippen LogP contribution in [0.15, 0.2) is 53.4 Å². The first-order valence-electron chi connectivity index (χ1n) is 6.70. The Balaban J connectivity index is 2.21. The molecule has 0 spiro atoms. The molecule has 2 aromatic rings. The fraction of sp³-hybridized carbons (Fsp3) is 0.200. The number of sulfonamides is 1. The summed E-state index contributed by atoms with van der Waals surface area (Å²) in [5.74, 6) is 0. The van der Waals surface area contributed by atoms with Gasteiger partial charge in [-0.2, -0.15) is 0 Å². The van der Waals surface area contributed by atoms with Gasteiger partial charge < -0.3 is 11.1 Å². The lowest BCUT2D eigenvalue weighted by Crippen LogP contribution is -2.24. The molecule has 0 unspecified atom stereocenters. The maximum atomic E-state index is 12.1. The minimum atomic E-state index is -3.49. The average Bonchev–Trinajstić information content (AvgIpc) is 2.45. The number of hydrogen-bond donors (Lipinski definition) is 3. The van der Waals surface area contributed by atoms with Gasteiger partial charge in [0.15, 0.2) is 0 Å². The molecule has 6 heteroatoms. The molecule has 21 heavy (non-hydrogen) atoms. The van der Waals surface area contributed by atoms with Gasteiger partial charge in [0.25, 0.3) is 0 Å². The van der Waals surface area contributed by atoms with E-state index in [4.69, 9.17) is 5.73 Å². The molecule has 0 aromatic heterocycles. The maximum Gasteiger partial charge on any atom is 0.242 e. The largest absolute Gasteiger partial charge is 0.399 e. The Hall–Kier alpha value is -2.05. The molecule has 0 aliphatic carbocycles. The van der Waals surface area contributed by atoms with E-state index >= 15 is 0 Å². The van der Waals surface area contributed by atoms with E-state index in [-0.39, 0.29) is 4.90 Å². The molecular formula is C15H19N3O2S. The fourth-order valence-corrected chi connectivity index (χ4v) is 3.24. The summed E-state index contributed by atoms with van der Waals surface area (Å²) in [6.45, 7) is 2.61. The van der Waals surface area contributed by atoms with E-state index in [2.05, 4.69) is 10.0 Å². The van der Waals surface area contributed by atoms with Crippen LogP contribution in [-0.4, -0.2) is 15.0 Å². The van der Waals surface area contributed by atoms with Crippen molar-refractivity contribution in [3.05, 3.63) is 54.1 Å². The summed E-state index contributed by atoms with van der Waals surface area (Å²) in [6.07, 6.45) is 0. The third kappa shape index (κ3) is 3.96. The Morgan fingerprint density at radius 2 is 1.86 bits per heavy atom.